The molecule has 0 radical (unpaired) electrons. The number of hydrogen-bond acceptors (Lipinski definition) is 19. The molecule has 4 saturated heterocycles. The highest BCUT2D eigenvalue weighted by Gasteiger charge is 2.50. The Labute approximate surface area is 266 Å². The number of nitrogens with one attached hydrogen (secondary N) is 2. The first kappa shape index (κ1) is 37.2. The van der Waals surface area contributed by atoms with Crippen LogP contribution in [0.1, 0.15) is 12.8 Å². The van der Waals surface area contributed by atoms with Crippen LogP contribution >= 0.6 is 0 Å². The zero-order valence-electron chi connectivity index (χ0n) is 24.8. The topological polar surface area (TPSA) is 319 Å². The Morgan fingerprint density at radius 1 is 0.596 bits per heavy atom. The summed E-state index contributed by atoms with van der Waals surface area (Å²) in [7, 11) is 0. The molecule has 0 spiro atoms. The van der Waals surface area contributed by atoms with E-state index in [1.165, 1.54) is 0 Å². The van der Waals surface area contributed by atoms with Gasteiger partial charge in [-0.1, -0.05) is 0 Å². The van der Waals surface area contributed by atoms with E-state index in [0.29, 0.717) is 0 Å². The quantitative estimate of drug-likeness (QED) is 0.0760. The minimum atomic E-state index is -1.90. The van der Waals surface area contributed by atoms with E-state index in [0.717, 1.165) is 0 Å². The summed E-state index contributed by atoms with van der Waals surface area (Å²) < 4.78 is 37.1. The van der Waals surface area contributed by atoms with E-state index in [2.05, 4.69) is 10.6 Å². The molecule has 4 rings (SSSR count). The molecule has 4 aliphatic rings. The average Bonchev–Trinajstić information content (AvgIpc) is 3.69. The molecular weight excluding hydrogens is 644 g/mol. The van der Waals surface area contributed by atoms with Crippen LogP contribution in [0.4, 0.5) is 0 Å². The second-order valence-electron chi connectivity index (χ2n) is 11.5. The molecule has 0 bridgehead atoms. The smallest absolute Gasteiger partial charge is 0.332 e. The lowest BCUT2D eigenvalue weighted by atomic mass is 9.98. The van der Waals surface area contributed by atoms with Crippen LogP contribution in [0.2, 0.25) is 0 Å². The van der Waals surface area contributed by atoms with E-state index in [-0.39, 0.29) is 25.9 Å². The number of hydrogen-bond donors (Lipinski definition) is 10. The maximum absolute atomic E-state index is 12.1. The lowest BCUT2D eigenvalue weighted by Gasteiger charge is -2.44. The van der Waals surface area contributed by atoms with Crippen LogP contribution in [0, 0.1) is 0 Å². The van der Waals surface area contributed by atoms with Gasteiger partial charge < -0.3 is 84.6 Å². The molecule has 0 amide bonds. The molecule has 0 saturated carbocycles. The second kappa shape index (κ2) is 16.6. The molecule has 4 fully saturated rings. The Kier molecular flexibility index (Phi) is 13.2. The molecule has 21 heteroatoms. The first-order valence-electron chi connectivity index (χ1n) is 14.8. The highest BCUT2D eigenvalue weighted by Crippen LogP contribution is 2.28. The minimum absolute atomic E-state index is 0.0594. The number of aliphatic hydroxyl groups excluding tert-OH is 6. The van der Waals surface area contributed by atoms with E-state index in [9.17, 15) is 49.8 Å². The standard InChI is InChI=1S/C26H40N2O19/c29-15(43-9-1-11(23(37)38)27-3-9)7-41-5-13-17(31)19(33)21(35)25(45-13)47-26-22(36)20(34)18(32)14(46-26)6-42-8-16(30)44-10-2-12(24(39)40)28-4-10/h9-14,17-22,25-28,31-36H,1-8H2,(H,37,38)(H,39,40)/t9?,10?,11-,12-,13+,14+,17+,18+,19-,20-,21+,22+,25+,26+/m0/s1. The van der Waals surface area contributed by atoms with Crippen LogP contribution in [-0.2, 0) is 52.3 Å². The van der Waals surface area contributed by atoms with Crippen molar-refractivity contribution in [3.63, 3.8) is 0 Å². The molecule has 0 aromatic carbocycles. The zero-order chi connectivity index (χ0) is 34.4. The maximum Gasteiger partial charge on any atom is 0.332 e. The SMILES string of the molecule is O=C(COC[C@H]1O[C@H](O[C@H]2O[C@H](COCC(=O)OC3CN[C@H](C(=O)O)C3)[C@@H](O)[C@H](O)[C@H]2O)[C@H](O)[C@@H](O)[C@@H]1O)OC1CN[C@H](C(=O)O)C1. The first-order valence-corrected chi connectivity index (χ1v) is 14.8. The normalized spacial score (nSPS) is 40.6. The van der Waals surface area contributed by atoms with Crippen molar-refractivity contribution >= 4 is 23.9 Å². The van der Waals surface area contributed by atoms with E-state index in [1.807, 2.05) is 0 Å². The summed E-state index contributed by atoms with van der Waals surface area (Å²) in [4.78, 5) is 46.2. The molecule has 14 atom stereocenters. The summed E-state index contributed by atoms with van der Waals surface area (Å²) in [5.74, 6) is -3.85. The van der Waals surface area contributed by atoms with Crippen LogP contribution in [0.5, 0.6) is 0 Å². The molecule has 0 aromatic heterocycles. The van der Waals surface area contributed by atoms with Gasteiger partial charge in [-0.3, -0.25) is 9.59 Å². The van der Waals surface area contributed by atoms with E-state index in [4.69, 9.17) is 43.4 Å². The van der Waals surface area contributed by atoms with Crippen molar-refractivity contribution in [2.45, 2.75) is 98.5 Å². The minimum Gasteiger partial charge on any atom is -0.480 e. The lowest BCUT2D eigenvalue weighted by molar-refractivity contribution is -0.377. The van der Waals surface area contributed by atoms with Gasteiger partial charge in [-0.25, -0.2) is 9.59 Å². The van der Waals surface area contributed by atoms with E-state index in [1.54, 1.807) is 0 Å². The summed E-state index contributed by atoms with van der Waals surface area (Å²) in [6.45, 7) is -2.03. The third-order valence-electron chi connectivity index (χ3n) is 7.98. The van der Waals surface area contributed by atoms with Crippen LogP contribution in [-0.4, -0.2) is 190 Å². The largest absolute Gasteiger partial charge is 0.480 e. The van der Waals surface area contributed by atoms with Gasteiger partial charge in [-0.2, -0.15) is 0 Å². The fraction of sp³-hybridized carbons (Fsp3) is 0.846. The Hall–Kier alpha value is -2.64. The number of ether oxygens (including phenoxy) is 7. The number of carbonyl (C=O) groups is 4. The van der Waals surface area contributed by atoms with Crippen molar-refractivity contribution in [3.8, 4) is 0 Å². The van der Waals surface area contributed by atoms with Crippen molar-refractivity contribution in [1.29, 1.82) is 0 Å². The summed E-state index contributed by atoms with van der Waals surface area (Å²) in [5.41, 5.74) is 0. The number of esters is 2. The maximum atomic E-state index is 12.1. The number of carboxylic acids is 2. The van der Waals surface area contributed by atoms with Crippen molar-refractivity contribution in [3.05, 3.63) is 0 Å². The van der Waals surface area contributed by atoms with Crippen LogP contribution < -0.4 is 10.6 Å². The molecule has 4 aliphatic heterocycles. The van der Waals surface area contributed by atoms with Gasteiger partial charge >= 0.3 is 23.9 Å². The number of carboxylic acid groups (broad SMARTS) is 2. The number of aliphatic hydroxyl groups is 6. The Bertz CT molecular complexity index is 1020. The zero-order valence-corrected chi connectivity index (χ0v) is 24.8. The number of rotatable bonds is 14. The van der Waals surface area contributed by atoms with Crippen LogP contribution in [0.25, 0.3) is 0 Å². The summed E-state index contributed by atoms with van der Waals surface area (Å²) in [6.07, 6.45) is -18.6. The molecule has 0 aromatic rings. The molecule has 21 nitrogen and oxygen atoms in total. The Balaban J connectivity index is 1.24. The molecule has 47 heavy (non-hydrogen) atoms. The van der Waals surface area contributed by atoms with Crippen molar-refractivity contribution < 1.29 is 93.2 Å². The summed E-state index contributed by atoms with van der Waals surface area (Å²) in [5, 5.41) is 85.7. The van der Waals surface area contributed by atoms with E-state index >= 15 is 0 Å². The van der Waals surface area contributed by atoms with Gasteiger partial charge in [0.2, 0.25) is 0 Å². The van der Waals surface area contributed by atoms with Crippen molar-refractivity contribution in [2.75, 3.05) is 39.5 Å². The third-order valence-corrected chi connectivity index (χ3v) is 7.98. The van der Waals surface area contributed by atoms with Gasteiger partial charge in [0.1, 0.15) is 86.3 Å². The van der Waals surface area contributed by atoms with Crippen LogP contribution in [0.15, 0.2) is 0 Å². The number of carbonyl (C=O) groups excluding carboxylic acids is 2. The first-order chi connectivity index (χ1) is 22.2. The van der Waals surface area contributed by atoms with Gasteiger partial charge in [0.25, 0.3) is 0 Å². The highest BCUT2D eigenvalue weighted by molar-refractivity contribution is 5.75. The van der Waals surface area contributed by atoms with Gasteiger partial charge in [0.15, 0.2) is 12.6 Å². The Morgan fingerprint density at radius 2 is 0.979 bits per heavy atom. The Morgan fingerprint density at radius 3 is 1.32 bits per heavy atom. The van der Waals surface area contributed by atoms with Crippen molar-refractivity contribution in [2.24, 2.45) is 0 Å². The lowest BCUT2D eigenvalue weighted by Crippen LogP contribution is -2.64. The predicted molar refractivity (Wildman–Crippen MR) is 144 cm³/mol. The molecular formula is C26H40N2O19. The fourth-order valence-electron chi connectivity index (χ4n) is 5.38. The van der Waals surface area contributed by atoms with Gasteiger partial charge in [-0.05, 0) is 0 Å². The van der Waals surface area contributed by atoms with E-state index < -0.39 is 136 Å². The van der Waals surface area contributed by atoms with Crippen molar-refractivity contribution in [1.82, 2.24) is 10.6 Å². The van der Waals surface area contributed by atoms with Gasteiger partial charge in [0.05, 0.1) is 13.2 Å². The summed E-state index contributed by atoms with van der Waals surface area (Å²) in [6, 6.07) is -1.72. The monoisotopic (exact) mass is 684 g/mol. The average molecular weight is 685 g/mol. The number of aliphatic carboxylic acids is 2. The fourth-order valence-corrected chi connectivity index (χ4v) is 5.38. The third kappa shape index (κ3) is 9.72. The van der Waals surface area contributed by atoms with Gasteiger partial charge in [-0.15, -0.1) is 0 Å². The summed E-state index contributed by atoms with van der Waals surface area (Å²) >= 11 is 0. The highest BCUT2D eigenvalue weighted by atomic mass is 16.8. The molecule has 4 heterocycles. The second-order valence-corrected chi connectivity index (χ2v) is 11.5. The predicted octanol–water partition coefficient (Wildman–Crippen LogP) is -6.63. The molecule has 2 unspecified atom stereocenters. The molecule has 10 N–H and O–H groups in total. The van der Waals surface area contributed by atoms with Crippen LogP contribution in [0.3, 0.4) is 0 Å². The van der Waals surface area contributed by atoms with Gasteiger partial charge in [0, 0.05) is 25.9 Å². The molecule has 0 aliphatic carbocycles. The molecule has 268 valence electrons.